The lowest BCUT2D eigenvalue weighted by atomic mass is 9.90. The summed E-state index contributed by atoms with van der Waals surface area (Å²) in [7, 11) is 0. The van der Waals surface area contributed by atoms with E-state index in [1.165, 1.54) is 55.5 Å². The molecule has 0 saturated heterocycles. The molecule has 5 aromatic carbocycles. The Morgan fingerprint density at radius 2 is 1.09 bits per heavy atom. The summed E-state index contributed by atoms with van der Waals surface area (Å²) in [5, 5.41) is 4.88. The van der Waals surface area contributed by atoms with Gasteiger partial charge in [-0.25, -0.2) is 0 Å². The summed E-state index contributed by atoms with van der Waals surface area (Å²) in [6.07, 6.45) is 6.01. The summed E-state index contributed by atoms with van der Waals surface area (Å²) in [6.45, 7) is 0. The number of rotatable bonds is 2. The van der Waals surface area contributed by atoms with Gasteiger partial charge in [-0.15, -0.1) is 0 Å². The molecule has 7 rings (SSSR count). The van der Waals surface area contributed by atoms with E-state index in [4.69, 9.17) is 0 Å². The predicted octanol–water partition coefficient (Wildman–Crippen LogP) is 8.62. The van der Waals surface area contributed by atoms with Crippen molar-refractivity contribution < 1.29 is 0 Å². The van der Waals surface area contributed by atoms with Crippen molar-refractivity contribution in [2.75, 3.05) is 4.90 Å². The number of para-hydroxylation sites is 2. The molecule has 1 aromatic heterocycles. The first-order valence-corrected chi connectivity index (χ1v) is 12.2. The van der Waals surface area contributed by atoms with Crippen molar-refractivity contribution in [1.82, 2.24) is 4.98 Å². The highest BCUT2D eigenvalue weighted by Crippen LogP contribution is 2.49. The molecule has 2 nitrogen and oxygen atoms in total. The van der Waals surface area contributed by atoms with Gasteiger partial charge >= 0.3 is 0 Å². The summed E-state index contributed by atoms with van der Waals surface area (Å²) in [6, 6.07) is 39.4. The van der Waals surface area contributed by atoms with E-state index < -0.39 is 0 Å². The van der Waals surface area contributed by atoms with Crippen LogP contribution in [0.5, 0.6) is 0 Å². The number of nitrogens with zero attached hydrogens (tertiary/aromatic N) is 2. The summed E-state index contributed by atoms with van der Waals surface area (Å²) < 4.78 is 0. The van der Waals surface area contributed by atoms with Crippen molar-refractivity contribution in [3.63, 3.8) is 0 Å². The molecule has 0 amide bonds. The second-order valence-electron chi connectivity index (χ2n) is 9.15. The second kappa shape index (κ2) is 8.11. The Morgan fingerprint density at radius 1 is 0.514 bits per heavy atom. The van der Waals surface area contributed by atoms with Crippen LogP contribution in [0.2, 0.25) is 0 Å². The monoisotopic (exact) mass is 448 g/mol. The van der Waals surface area contributed by atoms with Gasteiger partial charge < -0.3 is 4.90 Å². The van der Waals surface area contributed by atoms with E-state index in [0.717, 1.165) is 18.2 Å². The van der Waals surface area contributed by atoms with Crippen molar-refractivity contribution in [3.05, 3.63) is 133 Å². The first kappa shape index (κ1) is 20.0. The first-order chi connectivity index (χ1) is 17.4. The summed E-state index contributed by atoms with van der Waals surface area (Å²) in [5.41, 5.74) is 8.93. The van der Waals surface area contributed by atoms with Gasteiger partial charge in [-0.3, -0.25) is 4.98 Å². The number of hydrogen-bond acceptors (Lipinski definition) is 2. The zero-order valence-corrected chi connectivity index (χ0v) is 19.4. The van der Waals surface area contributed by atoms with Crippen LogP contribution in [0.15, 0.2) is 122 Å². The molecule has 2 heteroatoms. The molecule has 0 fully saturated rings. The van der Waals surface area contributed by atoms with Gasteiger partial charge in [-0.1, -0.05) is 91.0 Å². The Labute approximate surface area is 205 Å². The third-order valence-corrected chi connectivity index (χ3v) is 7.21. The molecule has 166 valence electrons. The minimum atomic E-state index is 1.03. The molecule has 2 heterocycles. The molecule has 1 aliphatic heterocycles. The zero-order chi connectivity index (χ0) is 23.2. The van der Waals surface area contributed by atoms with Gasteiger partial charge in [0.1, 0.15) is 0 Å². The Morgan fingerprint density at radius 3 is 1.80 bits per heavy atom. The lowest BCUT2D eigenvalue weighted by molar-refractivity contribution is 0.977. The van der Waals surface area contributed by atoms with E-state index in [-0.39, 0.29) is 0 Å². The highest BCUT2D eigenvalue weighted by molar-refractivity contribution is 6.22. The molecule has 0 atom stereocenters. The molecule has 0 spiro atoms. The minimum Gasteiger partial charge on any atom is -0.309 e. The predicted molar refractivity (Wildman–Crippen MR) is 147 cm³/mol. The molecule has 0 saturated carbocycles. The van der Waals surface area contributed by atoms with Crippen LogP contribution in [0.1, 0.15) is 11.1 Å². The van der Waals surface area contributed by atoms with Crippen molar-refractivity contribution in [2.24, 2.45) is 0 Å². The average molecular weight is 449 g/mol. The second-order valence-corrected chi connectivity index (χ2v) is 9.15. The van der Waals surface area contributed by atoms with Crippen LogP contribution in [0.25, 0.3) is 32.7 Å². The molecular formula is C33H24N2. The number of aromatic nitrogens is 1. The van der Waals surface area contributed by atoms with Crippen molar-refractivity contribution in [2.45, 2.75) is 12.8 Å². The summed E-state index contributed by atoms with van der Waals surface area (Å²) >= 11 is 0. The standard InChI is InChI=1S/C33H24N2/c1-2-12-25(13-3-1)32-26-14-6-7-15-28(26)33(29-22-34-21-20-27(29)32)35-30-16-8-4-10-23(30)18-19-24-11-5-9-17-31(24)35/h1-17,20-22H,18-19H2. The van der Waals surface area contributed by atoms with Crippen LogP contribution >= 0.6 is 0 Å². The van der Waals surface area contributed by atoms with Crippen molar-refractivity contribution in [3.8, 4) is 11.1 Å². The van der Waals surface area contributed by atoms with Crippen molar-refractivity contribution in [1.29, 1.82) is 0 Å². The summed E-state index contributed by atoms with van der Waals surface area (Å²) in [5.74, 6) is 0. The number of anilines is 3. The first-order valence-electron chi connectivity index (χ1n) is 12.2. The number of fused-ring (bicyclic) bond motifs is 4. The third-order valence-electron chi connectivity index (χ3n) is 7.21. The number of benzene rings is 5. The average Bonchev–Trinajstić information content (AvgIpc) is 3.09. The molecule has 0 unspecified atom stereocenters. The maximum Gasteiger partial charge on any atom is 0.0634 e. The highest BCUT2D eigenvalue weighted by Gasteiger charge is 2.26. The van der Waals surface area contributed by atoms with Crippen LogP contribution < -0.4 is 4.90 Å². The number of hydrogen-bond donors (Lipinski definition) is 0. The topological polar surface area (TPSA) is 16.1 Å². The van der Waals surface area contributed by atoms with Gasteiger partial charge in [-0.05, 0) is 64.1 Å². The van der Waals surface area contributed by atoms with Gasteiger partial charge in [0.25, 0.3) is 0 Å². The normalized spacial score (nSPS) is 12.9. The fraction of sp³-hybridized carbons (Fsp3) is 0.0606. The van der Waals surface area contributed by atoms with Gasteiger partial charge in [0.2, 0.25) is 0 Å². The van der Waals surface area contributed by atoms with Crippen LogP contribution in [0, 0.1) is 0 Å². The van der Waals surface area contributed by atoms with Crippen LogP contribution in [-0.2, 0) is 12.8 Å². The third kappa shape index (κ3) is 3.14. The smallest absolute Gasteiger partial charge is 0.0634 e. The van der Waals surface area contributed by atoms with E-state index >= 15 is 0 Å². The lowest BCUT2D eigenvalue weighted by Crippen LogP contribution is -2.13. The van der Waals surface area contributed by atoms with E-state index in [2.05, 4.69) is 119 Å². The Bertz CT molecular complexity index is 1600. The largest absolute Gasteiger partial charge is 0.309 e. The fourth-order valence-corrected chi connectivity index (χ4v) is 5.68. The molecule has 6 aromatic rings. The maximum absolute atomic E-state index is 4.62. The molecule has 0 radical (unpaired) electrons. The molecule has 0 bridgehead atoms. The molecule has 0 N–H and O–H groups in total. The Kier molecular flexibility index (Phi) is 4.63. The van der Waals surface area contributed by atoms with Gasteiger partial charge in [0.05, 0.1) is 5.69 Å². The van der Waals surface area contributed by atoms with Crippen molar-refractivity contribution >= 4 is 38.6 Å². The van der Waals surface area contributed by atoms with Crippen LogP contribution in [0.4, 0.5) is 17.1 Å². The summed E-state index contributed by atoms with van der Waals surface area (Å²) in [4.78, 5) is 7.10. The lowest BCUT2D eigenvalue weighted by Gasteiger charge is -2.30. The van der Waals surface area contributed by atoms with Crippen LogP contribution in [0.3, 0.4) is 0 Å². The minimum absolute atomic E-state index is 1.03. The van der Waals surface area contributed by atoms with Gasteiger partial charge in [-0.2, -0.15) is 0 Å². The fourth-order valence-electron chi connectivity index (χ4n) is 5.68. The van der Waals surface area contributed by atoms with E-state index in [9.17, 15) is 0 Å². The number of pyridine rings is 1. The maximum atomic E-state index is 4.62. The SMILES string of the molecule is c1ccc(-c2c3ccccc3c(N3c4ccccc4CCc4ccccc43)c3cnccc23)cc1. The van der Waals surface area contributed by atoms with Gasteiger partial charge in [0.15, 0.2) is 0 Å². The van der Waals surface area contributed by atoms with Crippen LogP contribution in [-0.4, -0.2) is 4.98 Å². The Balaban J connectivity index is 1.67. The molecule has 35 heavy (non-hydrogen) atoms. The highest BCUT2D eigenvalue weighted by atomic mass is 15.2. The zero-order valence-electron chi connectivity index (χ0n) is 19.4. The van der Waals surface area contributed by atoms with E-state index in [1.54, 1.807) is 0 Å². The van der Waals surface area contributed by atoms with E-state index in [0.29, 0.717) is 0 Å². The van der Waals surface area contributed by atoms with Gasteiger partial charge in [0, 0.05) is 34.5 Å². The number of aryl methyl sites for hydroxylation is 2. The molecule has 0 aliphatic carbocycles. The van der Waals surface area contributed by atoms with E-state index in [1.807, 2.05) is 12.4 Å². The molecular weight excluding hydrogens is 424 g/mol. The Hall–Kier alpha value is -4.43. The quantitative estimate of drug-likeness (QED) is 0.246. The molecule has 1 aliphatic rings.